The molecule has 26 heavy (non-hydrogen) atoms. The molecule has 2 aliphatic rings. The van der Waals surface area contributed by atoms with Gasteiger partial charge in [0, 0.05) is 32.2 Å². The molecule has 2 aliphatic heterocycles. The number of amides is 2. The number of piperidine rings is 1. The Morgan fingerprint density at radius 3 is 2.15 bits per heavy atom. The number of likely N-dealkylation sites (tertiary alicyclic amines) is 1. The van der Waals surface area contributed by atoms with Gasteiger partial charge in [-0.15, -0.1) is 0 Å². The third-order valence-corrected chi connectivity index (χ3v) is 5.58. The summed E-state index contributed by atoms with van der Waals surface area (Å²) in [7, 11) is 0. The van der Waals surface area contributed by atoms with Crippen LogP contribution in [0.3, 0.4) is 0 Å². The van der Waals surface area contributed by atoms with Crippen molar-refractivity contribution in [3.8, 4) is 0 Å². The fourth-order valence-corrected chi connectivity index (χ4v) is 4.18. The molecular formula is C22H27N3O. The highest BCUT2D eigenvalue weighted by Gasteiger charge is 2.35. The van der Waals surface area contributed by atoms with Gasteiger partial charge in [-0.3, -0.25) is 4.90 Å². The summed E-state index contributed by atoms with van der Waals surface area (Å²) in [4.78, 5) is 17.0. The van der Waals surface area contributed by atoms with E-state index in [0.29, 0.717) is 6.04 Å². The Hall–Kier alpha value is -2.33. The Balaban J connectivity index is 1.28. The maximum Gasteiger partial charge on any atom is 0.318 e. The summed E-state index contributed by atoms with van der Waals surface area (Å²) < 4.78 is 0. The molecule has 4 nitrogen and oxygen atoms in total. The molecule has 1 unspecified atom stereocenters. The van der Waals surface area contributed by atoms with Crippen LogP contribution in [0.5, 0.6) is 0 Å². The summed E-state index contributed by atoms with van der Waals surface area (Å²) in [6.07, 6.45) is 3.05. The molecule has 0 aromatic heterocycles. The third-order valence-electron chi connectivity index (χ3n) is 5.58. The van der Waals surface area contributed by atoms with Crippen LogP contribution in [0.25, 0.3) is 0 Å². The Morgan fingerprint density at radius 2 is 1.50 bits per heavy atom. The summed E-state index contributed by atoms with van der Waals surface area (Å²) >= 11 is 0. The largest absolute Gasteiger partial charge is 0.333 e. The van der Waals surface area contributed by atoms with E-state index in [1.165, 1.54) is 11.1 Å². The number of nitrogens with one attached hydrogen (secondary N) is 1. The van der Waals surface area contributed by atoms with Crippen LogP contribution in [0.4, 0.5) is 4.79 Å². The lowest BCUT2D eigenvalue weighted by Gasteiger charge is -2.36. The summed E-state index contributed by atoms with van der Waals surface area (Å²) in [6, 6.07) is 21.8. The van der Waals surface area contributed by atoms with Crippen molar-refractivity contribution in [2.45, 2.75) is 37.9 Å². The number of urea groups is 1. The molecule has 2 saturated heterocycles. The molecule has 0 saturated carbocycles. The van der Waals surface area contributed by atoms with Crippen LogP contribution in [0, 0.1) is 0 Å². The molecule has 0 aliphatic carbocycles. The highest BCUT2D eigenvalue weighted by molar-refractivity contribution is 5.77. The van der Waals surface area contributed by atoms with Gasteiger partial charge in [-0.25, -0.2) is 4.79 Å². The van der Waals surface area contributed by atoms with E-state index < -0.39 is 0 Å². The van der Waals surface area contributed by atoms with Gasteiger partial charge in [0.2, 0.25) is 0 Å². The molecule has 1 atom stereocenters. The molecule has 1 N–H and O–H groups in total. The van der Waals surface area contributed by atoms with E-state index in [1.54, 1.807) is 0 Å². The first kappa shape index (κ1) is 17.1. The van der Waals surface area contributed by atoms with Gasteiger partial charge in [-0.2, -0.15) is 0 Å². The van der Waals surface area contributed by atoms with Crippen molar-refractivity contribution in [2.24, 2.45) is 0 Å². The van der Waals surface area contributed by atoms with Gasteiger partial charge in [0.25, 0.3) is 0 Å². The molecule has 0 radical (unpaired) electrons. The normalized spacial score (nSPS) is 21.8. The molecule has 0 bridgehead atoms. The van der Waals surface area contributed by atoms with E-state index in [0.717, 1.165) is 45.4 Å². The molecule has 0 spiro atoms. The van der Waals surface area contributed by atoms with E-state index in [4.69, 9.17) is 0 Å². The number of benzene rings is 2. The minimum atomic E-state index is 0.118. The van der Waals surface area contributed by atoms with Crippen molar-refractivity contribution in [1.82, 2.24) is 15.1 Å². The molecule has 2 amide bonds. The zero-order chi connectivity index (χ0) is 17.8. The van der Waals surface area contributed by atoms with Crippen LogP contribution in [0.15, 0.2) is 60.7 Å². The summed E-state index contributed by atoms with van der Waals surface area (Å²) in [5.41, 5.74) is 2.66. The first-order chi connectivity index (χ1) is 12.8. The van der Waals surface area contributed by atoms with Gasteiger partial charge in [0.1, 0.15) is 0 Å². The summed E-state index contributed by atoms with van der Waals surface area (Å²) in [5.74, 6) is 0. The SMILES string of the molecule is O=C1NC(Cc2ccccc2)CN1C1CCN(Cc2ccccc2)CC1. The van der Waals surface area contributed by atoms with Gasteiger partial charge >= 0.3 is 6.03 Å². The Kier molecular flexibility index (Phi) is 5.21. The molecule has 2 heterocycles. The molecule has 4 heteroatoms. The van der Waals surface area contributed by atoms with Crippen LogP contribution in [0.2, 0.25) is 0 Å². The fraction of sp³-hybridized carbons (Fsp3) is 0.409. The van der Waals surface area contributed by atoms with Crippen molar-refractivity contribution < 1.29 is 4.79 Å². The van der Waals surface area contributed by atoms with Crippen molar-refractivity contribution in [3.05, 3.63) is 71.8 Å². The van der Waals surface area contributed by atoms with Gasteiger partial charge in [-0.05, 0) is 30.4 Å². The molecular weight excluding hydrogens is 322 g/mol. The van der Waals surface area contributed by atoms with Crippen molar-refractivity contribution in [3.63, 3.8) is 0 Å². The average Bonchev–Trinajstić information content (AvgIpc) is 3.04. The smallest absolute Gasteiger partial charge is 0.318 e. The van der Waals surface area contributed by atoms with Crippen LogP contribution < -0.4 is 5.32 Å². The average molecular weight is 349 g/mol. The quantitative estimate of drug-likeness (QED) is 0.899. The van der Waals surface area contributed by atoms with Crippen molar-refractivity contribution in [2.75, 3.05) is 19.6 Å². The van der Waals surface area contributed by atoms with Crippen LogP contribution >= 0.6 is 0 Å². The standard InChI is InChI=1S/C22H27N3O/c26-22-23-20(15-18-7-3-1-4-8-18)17-25(22)21-11-13-24(14-12-21)16-19-9-5-2-6-10-19/h1-10,20-21H,11-17H2,(H,23,26). The van der Waals surface area contributed by atoms with Gasteiger partial charge < -0.3 is 10.2 Å². The highest BCUT2D eigenvalue weighted by Crippen LogP contribution is 2.22. The van der Waals surface area contributed by atoms with E-state index in [2.05, 4.69) is 69.7 Å². The van der Waals surface area contributed by atoms with E-state index in [-0.39, 0.29) is 12.1 Å². The van der Waals surface area contributed by atoms with Crippen LogP contribution in [-0.4, -0.2) is 47.5 Å². The topological polar surface area (TPSA) is 35.6 Å². The minimum absolute atomic E-state index is 0.118. The number of carbonyl (C=O) groups is 1. The lowest BCUT2D eigenvalue weighted by molar-refractivity contribution is 0.131. The third kappa shape index (κ3) is 4.07. The van der Waals surface area contributed by atoms with Gasteiger partial charge in [0.05, 0.1) is 6.04 Å². The maximum atomic E-state index is 12.4. The number of nitrogens with zero attached hydrogens (tertiary/aromatic N) is 2. The highest BCUT2D eigenvalue weighted by atomic mass is 16.2. The Labute approximate surface area is 155 Å². The van der Waals surface area contributed by atoms with E-state index >= 15 is 0 Å². The minimum Gasteiger partial charge on any atom is -0.333 e. The second-order valence-electron chi connectivity index (χ2n) is 7.48. The number of rotatable bonds is 5. The number of hydrogen-bond acceptors (Lipinski definition) is 2. The number of carbonyl (C=O) groups excluding carboxylic acids is 1. The first-order valence-electron chi connectivity index (χ1n) is 9.65. The van der Waals surface area contributed by atoms with Gasteiger partial charge in [0.15, 0.2) is 0 Å². The molecule has 136 valence electrons. The zero-order valence-corrected chi connectivity index (χ0v) is 15.2. The first-order valence-corrected chi connectivity index (χ1v) is 9.65. The summed E-state index contributed by atoms with van der Waals surface area (Å²) in [5, 5.41) is 3.17. The van der Waals surface area contributed by atoms with E-state index in [9.17, 15) is 4.79 Å². The van der Waals surface area contributed by atoms with Crippen LogP contribution in [0.1, 0.15) is 24.0 Å². The molecule has 2 aromatic rings. The Bertz CT molecular complexity index is 711. The van der Waals surface area contributed by atoms with Gasteiger partial charge in [-0.1, -0.05) is 60.7 Å². The zero-order valence-electron chi connectivity index (χ0n) is 15.2. The second-order valence-corrected chi connectivity index (χ2v) is 7.48. The predicted octanol–water partition coefficient (Wildman–Crippen LogP) is 3.29. The lowest BCUT2D eigenvalue weighted by atomic mass is 10.0. The number of hydrogen-bond donors (Lipinski definition) is 1. The van der Waals surface area contributed by atoms with E-state index in [1.807, 2.05) is 6.07 Å². The second kappa shape index (κ2) is 7.92. The Morgan fingerprint density at radius 1 is 0.885 bits per heavy atom. The lowest BCUT2D eigenvalue weighted by Crippen LogP contribution is -2.45. The molecule has 4 rings (SSSR count). The monoisotopic (exact) mass is 349 g/mol. The van der Waals surface area contributed by atoms with Crippen molar-refractivity contribution in [1.29, 1.82) is 0 Å². The van der Waals surface area contributed by atoms with Crippen molar-refractivity contribution >= 4 is 6.03 Å². The maximum absolute atomic E-state index is 12.4. The predicted molar refractivity (Wildman–Crippen MR) is 104 cm³/mol. The molecule has 2 aromatic carbocycles. The molecule has 2 fully saturated rings. The fourth-order valence-electron chi connectivity index (χ4n) is 4.18. The summed E-state index contributed by atoms with van der Waals surface area (Å²) in [6.45, 7) is 3.97. The van der Waals surface area contributed by atoms with Crippen LogP contribution in [-0.2, 0) is 13.0 Å².